The maximum absolute atomic E-state index is 12.2. The van der Waals surface area contributed by atoms with Crippen LogP contribution in [0.4, 0.5) is 5.82 Å². The van der Waals surface area contributed by atoms with Crippen LogP contribution in [-0.4, -0.2) is 36.6 Å². The van der Waals surface area contributed by atoms with Gasteiger partial charge in [-0.05, 0) is 61.5 Å². The standard InChI is InChI=1S/C18H26N4O/c23-17(11-19-5-6-21-16-3-1-2-4-20-16)22-18-14-8-12-7-13(10-14)15(18)9-12/h1-4,12-15,18-19H,5-11H2,(H,20,21)(H,22,23). The highest BCUT2D eigenvalue weighted by molar-refractivity contribution is 5.78. The van der Waals surface area contributed by atoms with Gasteiger partial charge in [-0.15, -0.1) is 0 Å². The fourth-order valence-electron chi connectivity index (χ4n) is 5.15. The molecule has 0 aliphatic heterocycles. The molecule has 124 valence electrons. The normalized spacial score (nSPS) is 33.8. The minimum Gasteiger partial charge on any atom is -0.369 e. The van der Waals surface area contributed by atoms with Gasteiger partial charge in [-0.3, -0.25) is 4.79 Å². The number of nitrogens with zero attached hydrogens (tertiary/aromatic N) is 1. The van der Waals surface area contributed by atoms with Crippen molar-refractivity contribution in [1.82, 2.24) is 15.6 Å². The summed E-state index contributed by atoms with van der Waals surface area (Å²) in [5.41, 5.74) is 0. The Hall–Kier alpha value is -1.62. The van der Waals surface area contributed by atoms with E-state index in [1.165, 1.54) is 25.7 Å². The quantitative estimate of drug-likeness (QED) is 0.669. The molecule has 5 rings (SSSR count). The molecular weight excluding hydrogens is 288 g/mol. The van der Waals surface area contributed by atoms with E-state index in [9.17, 15) is 4.79 Å². The van der Waals surface area contributed by atoms with Crippen molar-refractivity contribution >= 4 is 11.7 Å². The first-order chi connectivity index (χ1) is 11.3. The molecule has 0 saturated heterocycles. The number of carbonyl (C=O) groups is 1. The summed E-state index contributed by atoms with van der Waals surface area (Å²) >= 11 is 0. The molecule has 4 bridgehead atoms. The van der Waals surface area contributed by atoms with Crippen molar-refractivity contribution in [2.45, 2.75) is 31.7 Å². The molecule has 4 saturated carbocycles. The van der Waals surface area contributed by atoms with E-state index in [1.807, 2.05) is 18.2 Å². The molecule has 5 unspecified atom stereocenters. The number of pyridine rings is 1. The highest BCUT2D eigenvalue weighted by atomic mass is 16.2. The van der Waals surface area contributed by atoms with E-state index in [0.29, 0.717) is 12.6 Å². The zero-order valence-corrected chi connectivity index (χ0v) is 13.5. The van der Waals surface area contributed by atoms with E-state index >= 15 is 0 Å². The number of carbonyl (C=O) groups excluding carboxylic acids is 1. The maximum atomic E-state index is 12.2. The van der Waals surface area contributed by atoms with Crippen LogP contribution in [0, 0.1) is 23.7 Å². The van der Waals surface area contributed by atoms with Crippen LogP contribution in [0.2, 0.25) is 0 Å². The minimum atomic E-state index is 0.156. The second-order valence-electron chi connectivity index (χ2n) is 7.40. The maximum Gasteiger partial charge on any atom is 0.234 e. The molecule has 23 heavy (non-hydrogen) atoms. The van der Waals surface area contributed by atoms with E-state index in [0.717, 1.165) is 42.6 Å². The van der Waals surface area contributed by atoms with Crippen LogP contribution in [0.15, 0.2) is 24.4 Å². The first-order valence-electron chi connectivity index (χ1n) is 8.94. The van der Waals surface area contributed by atoms with Crippen LogP contribution in [0.1, 0.15) is 25.7 Å². The molecule has 0 radical (unpaired) electrons. The van der Waals surface area contributed by atoms with Gasteiger partial charge in [-0.2, -0.15) is 0 Å². The van der Waals surface area contributed by atoms with Crippen LogP contribution < -0.4 is 16.0 Å². The summed E-state index contributed by atoms with van der Waals surface area (Å²) in [6.07, 6.45) is 7.25. The Morgan fingerprint density at radius 1 is 1.13 bits per heavy atom. The van der Waals surface area contributed by atoms with Gasteiger partial charge in [0.2, 0.25) is 5.91 Å². The van der Waals surface area contributed by atoms with E-state index in [1.54, 1.807) is 6.20 Å². The molecule has 5 atom stereocenters. The first-order valence-corrected chi connectivity index (χ1v) is 8.94. The first kappa shape index (κ1) is 14.9. The van der Waals surface area contributed by atoms with Crippen molar-refractivity contribution < 1.29 is 4.79 Å². The third-order valence-electron chi connectivity index (χ3n) is 5.94. The van der Waals surface area contributed by atoms with Crippen LogP contribution in [-0.2, 0) is 4.79 Å². The average Bonchev–Trinajstić information content (AvgIpc) is 2.97. The van der Waals surface area contributed by atoms with E-state index in [-0.39, 0.29) is 5.91 Å². The molecule has 1 aromatic heterocycles. The van der Waals surface area contributed by atoms with Gasteiger partial charge in [-0.25, -0.2) is 4.98 Å². The topological polar surface area (TPSA) is 66.0 Å². The van der Waals surface area contributed by atoms with Gasteiger partial charge in [0.25, 0.3) is 0 Å². The van der Waals surface area contributed by atoms with Crippen LogP contribution in [0.25, 0.3) is 0 Å². The van der Waals surface area contributed by atoms with Gasteiger partial charge >= 0.3 is 0 Å². The average molecular weight is 314 g/mol. The van der Waals surface area contributed by atoms with E-state index in [2.05, 4.69) is 20.9 Å². The Bertz CT molecular complexity index is 545. The van der Waals surface area contributed by atoms with Crippen LogP contribution in [0.5, 0.6) is 0 Å². The van der Waals surface area contributed by atoms with Gasteiger partial charge in [0, 0.05) is 25.3 Å². The zero-order chi connectivity index (χ0) is 15.6. The zero-order valence-electron chi connectivity index (χ0n) is 13.5. The summed E-state index contributed by atoms with van der Waals surface area (Å²) in [6.45, 7) is 1.93. The predicted octanol–water partition coefficient (Wildman–Crippen LogP) is 1.63. The third kappa shape index (κ3) is 3.20. The number of anilines is 1. The van der Waals surface area contributed by atoms with Crippen molar-refractivity contribution in [1.29, 1.82) is 0 Å². The lowest BCUT2D eigenvalue weighted by molar-refractivity contribution is -0.121. The number of aromatic nitrogens is 1. The molecule has 1 amide bonds. The lowest BCUT2D eigenvalue weighted by Gasteiger charge is -2.32. The van der Waals surface area contributed by atoms with Crippen molar-refractivity contribution in [3.05, 3.63) is 24.4 Å². The highest BCUT2D eigenvalue weighted by Crippen LogP contribution is 2.57. The number of nitrogens with one attached hydrogen (secondary N) is 3. The second-order valence-corrected chi connectivity index (χ2v) is 7.40. The summed E-state index contributed by atoms with van der Waals surface area (Å²) in [5, 5.41) is 9.76. The predicted molar refractivity (Wildman–Crippen MR) is 90.0 cm³/mol. The van der Waals surface area contributed by atoms with Gasteiger partial charge < -0.3 is 16.0 Å². The van der Waals surface area contributed by atoms with E-state index < -0.39 is 0 Å². The molecule has 5 heteroatoms. The molecule has 4 aliphatic rings. The number of hydrogen-bond donors (Lipinski definition) is 3. The summed E-state index contributed by atoms with van der Waals surface area (Å²) in [4.78, 5) is 16.4. The molecule has 4 fully saturated rings. The second kappa shape index (κ2) is 6.48. The SMILES string of the molecule is O=C(CNCCNc1ccccn1)NC1C2CC3CC(C2)C1C3. The molecule has 1 heterocycles. The highest BCUT2D eigenvalue weighted by Gasteiger charge is 2.53. The Morgan fingerprint density at radius 3 is 2.87 bits per heavy atom. The van der Waals surface area contributed by atoms with Crippen LogP contribution in [0.3, 0.4) is 0 Å². The number of rotatable bonds is 7. The lowest BCUT2D eigenvalue weighted by atomic mass is 9.79. The molecule has 0 aromatic carbocycles. The van der Waals surface area contributed by atoms with E-state index in [4.69, 9.17) is 0 Å². The molecule has 0 spiro atoms. The largest absolute Gasteiger partial charge is 0.369 e. The van der Waals surface area contributed by atoms with Crippen molar-refractivity contribution in [2.75, 3.05) is 25.0 Å². The van der Waals surface area contributed by atoms with Crippen molar-refractivity contribution in [3.8, 4) is 0 Å². The molecule has 1 aromatic rings. The fourth-order valence-corrected chi connectivity index (χ4v) is 5.15. The van der Waals surface area contributed by atoms with Gasteiger partial charge in [0.1, 0.15) is 5.82 Å². The summed E-state index contributed by atoms with van der Waals surface area (Å²) in [6, 6.07) is 6.26. The van der Waals surface area contributed by atoms with Gasteiger partial charge in [-0.1, -0.05) is 6.07 Å². The molecule has 3 N–H and O–H groups in total. The summed E-state index contributed by atoms with van der Waals surface area (Å²) in [5.74, 6) is 4.42. The Morgan fingerprint density at radius 2 is 2.04 bits per heavy atom. The number of hydrogen-bond acceptors (Lipinski definition) is 4. The minimum absolute atomic E-state index is 0.156. The van der Waals surface area contributed by atoms with Gasteiger partial charge in [0.15, 0.2) is 0 Å². The summed E-state index contributed by atoms with van der Waals surface area (Å²) < 4.78 is 0. The lowest BCUT2D eigenvalue weighted by Crippen LogP contribution is -2.47. The molecular formula is C18H26N4O. The fraction of sp³-hybridized carbons (Fsp3) is 0.667. The van der Waals surface area contributed by atoms with Gasteiger partial charge in [0.05, 0.1) is 6.54 Å². The Labute approximate surface area is 137 Å². The third-order valence-corrected chi connectivity index (χ3v) is 5.94. The smallest absolute Gasteiger partial charge is 0.234 e. The molecule has 5 nitrogen and oxygen atoms in total. The monoisotopic (exact) mass is 314 g/mol. The Kier molecular flexibility index (Phi) is 4.21. The Balaban J connectivity index is 1.14. The summed E-state index contributed by atoms with van der Waals surface area (Å²) in [7, 11) is 0. The van der Waals surface area contributed by atoms with Crippen LogP contribution >= 0.6 is 0 Å². The number of amides is 1. The van der Waals surface area contributed by atoms with Crippen molar-refractivity contribution in [2.24, 2.45) is 23.7 Å². The molecule has 4 aliphatic carbocycles. The van der Waals surface area contributed by atoms with Crippen molar-refractivity contribution in [3.63, 3.8) is 0 Å².